The molecule has 84 valence electrons. The zero-order valence-electron chi connectivity index (χ0n) is 9.57. The minimum absolute atomic E-state index is 0.124. The summed E-state index contributed by atoms with van der Waals surface area (Å²) < 4.78 is 0. The van der Waals surface area contributed by atoms with Gasteiger partial charge in [0, 0.05) is 19.6 Å². The van der Waals surface area contributed by atoms with E-state index in [1.54, 1.807) is 11.9 Å². The quantitative estimate of drug-likeness (QED) is 0.689. The van der Waals surface area contributed by atoms with Crippen molar-refractivity contribution >= 4 is 5.91 Å². The van der Waals surface area contributed by atoms with E-state index < -0.39 is 0 Å². The number of rotatable bonds is 4. The molecular formula is C11H19N3O. The highest BCUT2D eigenvalue weighted by molar-refractivity contribution is 5.78. The van der Waals surface area contributed by atoms with Gasteiger partial charge < -0.3 is 4.90 Å². The Hall–Kier alpha value is -1.08. The Morgan fingerprint density at radius 1 is 1.67 bits per heavy atom. The molecule has 0 spiro atoms. The van der Waals surface area contributed by atoms with Crippen LogP contribution in [0.1, 0.15) is 26.2 Å². The highest BCUT2D eigenvalue weighted by atomic mass is 16.2. The molecule has 1 amide bonds. The Bertz CT molecular complexity index is 259. The van der Waals surface area contributed by atoms with Crippen LogP contribution in [0, 0.1) is 11.3 Å². The molecule has 0 bridgehead atoms. The fraction of sp³-hybridized carbons (Fsp3) is 0.818. The third-order valence-corrected chi connectivity index (χ3v) is 3.01. The SMILES string of the molecule is CC1CCCN1CC(=O)N(C)CCC#N. The molecule has 0 saturated carbocycles. The van der Waals surface area contributed by atoms with Crippen LogP contribution in [-0.4, -0.2) is 48.4 Å². The Balaban J connectivity index is 2.31. The van der Waals surface area contributed by atoms with Gasteiger partial charge in [-0.25, -0.2) is 0 Å². The van der Waals surface area contributed by atoms with Crippen molar-refractivity contribution in [3.8, 4) is 6.07 Å². The van der Waals surface area contributed by atoms with Crippen molar-refractivity contribution < 1.29 is 4.79 Å². The monoisotopic (exact) mass is 209 g/mol. The van der Waals surface area contributed by atoms with Gasteiger partial charge in [-0.2, -0.15) is 5.26 Å². The molecule has 0 aliphatic carbocycles. The molecule has 1 aliphatic rings. The first-order valence-corrected chi connectivity index (χ1v) is 5.50. The second-order valence-electron chi connectivity index (χ2n) is 4.19. The molecule has 1 saturated heterocycles. The summed E-state index contributed by atoms with van der Waals surface area (Å²) in [4.78, 5) is 15.6. The predicted octanol–water partition coefficient (Wildman–Crippen LogP) is 0.843. The fourth-order valence-electron chi connectivity index (χ4n) is 1.86. The number of nitriles is 1. The van der Waals surface area contributed by atoms with E-state index in [-0.39, 0.29) is 5.91 Å². The molecule has 0 aromatic carbocycles. The van der Waals surface area contributed by atoms with Gasteiger partial charge in [-0.1, -0.05) is 0 Å². The summed E-state index contributed by atoms with van der Waals surface area (Å²) in [5.41, 5.74) is 0. The third kappa shape index (κ3) is 3.52. The fourth-order valence-corrected chi connectivity index (χ4v) is 1.86. The number of carbonyl (C=O) groups is 1. The van der Waals surface area contributed by atoms with Crippen molar-refractivity contribution in [2.24, 2.45) is 0 Å². The van der Waals surface area contributed by atoms with Gasteiger partial charge in [0.25, 0.3) is 0 Å². The lowest BCUT2D eigenvalue weighted by Crippen LogP contribution is -2.40. The molecule has 0 radical (unpaired) electrons. The molecule has 0 aromatic heterocycles. The van der Waals surface area contributed by atoms with Crippen LogP contribution in [0.2, 0.25) is 0 Å². The normalized spacial score (nSPS) is 21.3. The molecule has 1 rings (SSSR count). The summed E-state index contributed by atoms with van der Waals surface area (Å²) >= 11 is 0. The van der Waals surface area contributed by atoms with E-state index in [9.17, 15) is 4.79 Å². The Kier molecular flexibility index (Phi) is 4.57. The van der Waals surface area contributed by atoms with Gasteiger partial charge in [0.2, 0.25) is 5.91 Å². The lowest BCUT2D eigenvalue weighted by atomic mass is 10.2. The van der Waals surface area contributed by atoms with Crippen molar-refractivity contribution in [3.05, 3.63) is 0 Å². The molecule has 4 heteroatoms. The summed E-state index contributed by atoms with van der Waals surface area (Å²) in [6, 6.07) is 2.57. The number of hydrogen-bond acceptors (Lipinski definition) is 3. The first-order valence-electron chi connectivity index (χ1n) is 5.50. The van der Waals surface area contributed by atoms with E-state index in [2.05, 4.69) is 11.8 Å². The number of nitrogens with zero attached hydrogens (tertiary/aromatic N) is 3. The Labute approximate surface area is 91.5 Å². The standard InChI is InChI=1S/C11H19N3O/c1-10-5-3-8-14(10)9-11(15)13(2)7-4-6-12/h10H,3-5,7-9H2,1-2H3. The van der Waals surface area contributed by atoms with Gasteiger partial charge in [-0.05, 0) is 26.3 Å². The second-order valence-corrected chi connectivity index (χ2v) is 4.19. The first kappa shape index (κ1) is 12.0. The van der Waals surface area contributed by atoms with Crippen LogP contribution in [0.4, 0.5) is 0 Å². The molecule has 15 heavy (non-hydrogen) atoms. The summed E-state index contributed by atoms with van der Waals surface area (Å²) in [7, 11) is 1.76. The number of carbonyl (C=O) groups excluding carboxylic acids is 1. The summed E-state index contributed by atoms with van der Waals surface area (Å²) in [6.07, 6.45) is 2.79. The molecule has 1 heterocycles. The van der Waals surface area contributed by atoms with E-state index in [1.165, 1.54) is 12.8 Å². The van der Waals surface area contributed by atoms with Crippen molar-refractivity contribution in [3.63, 3.8) is 0 Å². The number of likely N-dealkylation sites (tertiary alicyclic amines) is 1. The number of amides is 1. The van der Waals surface area contributed by atoms with Crippen LogP contribution >= 0.6 is 0 Å². The highest BCUT2D eigenvalue weighted by Crippen LogP contribution is 2.15. The zero-order chi connectivity index (χ0) is 11.3. The smallest absolute Gasteiger partial charge is 0.236 e. The van der Waals surface area contributed by atoms with E-state index in [4.69, 9.17) is 5.26 Å². The topological polar surface area (TPSA) is 47.3 Å². The largest absolute Gasteiger partial charge is 0.344 e. The Morgan fingerprint density at radius 3 is 2.93 bits per heavy atom. The Morgan fingerprint density at radius 2 is 2.40 bits per heavy atom. The van der Waals surface area contributed by atoms with E-state index in [0.717, 1.165) is 6.54 Å². The molecule has 1 unspecified atom stereocenters. The lowest BCUT2D eigenvalue weighted by Gasteiger charge is -2.23. The van der Waals surface area contributed by atoms with E-state index >= 15 is 0 Å². The van der Waals surface area contributed by atoms with Crippen LogP contribution in [0.3, 0.4) is 0 Å². The highest BCUT2D eigenvalue weighted by Gasteiger charge is 2.23. The van der Waals surface area contributed by atoms with Gasteiger partial charge in [-0.15, -0.1) is 0 Å². The molecular weight excluding hydrogens is 190 g/mol. The first-order chi connectivity index (χ1) is 7.15. The average molecular weight is 209 g/mol. The average Bonchev–Trinajstić information content (AvgIpc) is 2.61. The third-order valence-electron chi connectivity index (χ3n) is 3.01. The molecule has 0 aromatic rings. The molecule has 1 aliphatic heterocycles. The van der Waals surface area contributed by atoms with Crippen LogP contribution in [-0.2, 0) is 4.79 Å². The van der Waals surface area contributed by atoms with Crippen molar-refractivity contribution in [1.29, 1.82) is 5.26 Å². The van der Waals surface area contributed by atoms with Gasteiger partial charge in [-0.3, -0.25) is 9.69 Å². The molecule has 4 nitrogen and oxygen atoms in total. The molecule has 0 N–H and O–H groups in total. The molecule has 1 fully saturated rings. The number of hydrogen-bond donors (Lipinski definition) is 0. The molecule has 1 atom stereocenters. The second kappa shape index (κ2) is 5.72. The van der Waals surface area contributed by atoms with Gasteiger partial charge in [0.15, 0.2) is 0 Å². The van der Waals surface area contributed by atoms with Gasteiger partial charge in [0.1, 0.15) is 0 Å². The maximum absolute atomic E-state index is 11.7. The summed E-state index contributed by atoms with van der Waals surface area (Å²) in [6.45, 7) is 4.23. The summed E-state index contributed by atoms with van der Waals surface area (Å²) in [5.74, 6) is 0.124. The van der Waals surface area contributed by atoms with Crippen molar-refractivity contribution in [2.45, 2.75) is 32.2 Å². The minimum atomic E-state index is 0.124. The van der Waals surface area contributed by atoms with Crippen LogP contribution < -0.4 is 0 Å². The minimum Gasteiger partial charge on any atom is -0.344 e. The van der Waals surface area contributed by atoms with Crippen molar-refractivity contribution in [1.82, 2.24) is 9.80 Å². The van der Waals surface area contributed by atoms with Gasteiger partial charge in [0.05, 0.1) is 19.0 Å². The zero-order valence-corrected chi connectivity index (χ0v) is 9.57. The number of likely N-dealkylation sites (N-methyl/N-ethyl adjacent to an activating group) is 1. The maximum atomic E-state index is 11.7. The lowest BCUT2D eigenvalue weighted by molar-refractivity contribution is -0.131. The van der Waals surface area contributed by atoms with Crippen LogP contribution in [0.5, 0.6) is 0 Å². The maximum Gasteiger partial charge on any atom is 0.236 e. The van der Waals surface area contributed by atoms with E-state index in [0.29, 0.717) is 25.6 Å². The van der Waals surface area contributed by atoms with Crippen molar-refractivity contribution in [2.75, 3.05) is 26.7 Å². The van der Waals surface area contributed by atoms with E-state index in [1.807, 2.05) is 6.07 Å². The van der Waals surface area contributed by atoms with Crippen LogP contribution in [0.15, 0.2) is 0 Å². The van der Waals surface area contributed by atoms with Crippen LogP contribution in [0.25, 0.3) is 0 Å². The predicted molar refractivity (Wildman–Crippen MR) is 58.1 cm³/mol. The summed E-state index contributed by atoms with van der Waals surface area (Å²) in [5, 5.41) is 8.42. The van der Waals surface area contributed by atoms with Gasteiger partial charge >= 0.3 is 0 Å².